The normalized spacial score (nSPS) is 13.8. The molecule has 0 fully saturated rings. The first-order valence-electron chi connectivity index (χ1n) is 28.0. The van der Waals surface area contributed by atoms with E-state index in [-0.39, 0.29) is 27.9 Å². The van der Waals surface area contributed by atoms with Crippen molar-refractivity contribution in [1.82, 2.24) is 9.13 Å². The maximum atomic E-state index is 9.45. The van der Waals surface area contributed by atoms with Gasteiger partial charge in [0.25, 0.3) is 0 Å². The number of hydrogen-bond acceptors (Lipinski definition) is 0. The molecule has 0 saturated carbocycles. The molecule has 0 aliphatic heterocycles. The van der Waals surface area contributed by atoms with E-state index in [1.54, 1.807) is 18.2 Å². The van der Waals surface area contributed by atoms with Crippen LogP contribution in [0.15, 0.2) is 279 Å². The summed E-state index contributed by atoms with van der Waals surface area (Å²) in [4.78, 5) is 0. The first kappa shape index (κ1) is 31.3. The van der Waals surface area contributed by atoms with Crippen LogP contribution in [0.2, 0.25) is 0 Å². The summed E-state index contributed by atoms with van der Waals surface area (Å²) in [5, 5.41) is 8.35. The minimum atomic E-state index is -3.40. The second kappa shape index (κ2) is 16.8. The smallest absolute Gasteiger partial charge is 0.180 e. The number of aromatic nitrogens is 2. The van der Waals surface area contributed by atoms with Crippen LogP contribution in [0.5, 0.6) is 0 Å². The van der Waals surface area contributed by atoms with E-state index in [0.717, 1.165) is 70.1 Å². The van der Waals surface area contributed by atoms with Crippen LogP contribution in [-0.4, -0.2) is 17.2 Å². The van der Waals surface area contributed by atoms with E-state index in [1.165, 1.54) is 0 Å². The lowest BCUT2D eigenvalue weighted by Gasteiger charge is -2.35. The van der Waals surface area contributed by atoms with E-state index in [2.05, 4.69) is 168 Å². The molecule has 0 aliphatic carbocycles. The van der Waals surface area contributed by atoms with Gasteiger partial charge in [-0.2, -0.15) is 0 Å². The van der Waals surface area contributed by atoms with E-state index in [4.69, 9.17) is 8.22 Å². The van der Waals surface area contributed by atoms with Crippen molar-refractivity contribution in [3.63, 3.8) is 0 Å². The Morgan fingerprint density at radius 1 is 0.319 bits per heavy atom. The van der Waals surface area contributed by atoms with Gasteiger partial charge in [-0.15, -0.1) is 0 Å². The fourth-order valence-corrected chi connectivity index (χ4v) is 15.9. The van der Waals surface area contributed by atoms with Crippen LogP contribution in [0.25, 0.3) is 88.4 Å². The van der Waals surface area contributed by atoms with Gasteiger partial charge in [0.1, 0.15) is 0 Å². The highest BCUT2D eigenvalue weighted by Crippen LogP contribution is 2.44. The van der Waals surface area contributed by atoms with Gasteiger partial charge < -0.3 is 9.13 Å². The Labute approximate surface area is 417 Å². The Kier molecular flexibility index (Phi) is 7.63. The molecule has 0 radical (unpaired) electrons. The monoisotopic (exact) mass is 904 g/mol. The van der Waals surface area contributed by atoms with E-state index in [1.807, 2.05) is 41.0 Å². The van der Waals surface area contributed by atoms with Crippen LogP contribution in [0.1, 0.15) is 13.7 Å². The molecule has 2 aromatic heterocycles. The molecule has 0 aliphatic rings. The number of benzene rings is 11. The third-order valence-electron chi connectivity index (χ3n) is 13.6. The first-order valence-corrected chi connectivity index (χ1v) is 25.0. The minimum absolute atomic E-state index is 0.0981. The molecule has 69 heavy (non-hydrogen) atoms. The molecule has 0 atom stereocenters. The Bertz CT molecular complexity index is 4360. The van der Waals surface area contributed by atoms with E-state index in [0.29, 0.717) is 11.0 Å². The molecule has 324 valence electrons. The summed E-state index contributed by atoms with van der Waals surface area (Å²) in [6, 6.07) is 69.7. The summed E-state index contributed by atoms with van der Waals surface area (Å²) in [5.74, 6) is 0. The zero-order valence-electron chi connectivity index (χ0n) is 47.2. The predicted octanol–water partition coefficient (Wildman–Crippen LogP) is 14.3. The van der Waals surface area contributed by atoms with Crippen molar-refractivity contribution < 1.29 is 13.7 Å². The van der Waals surface area contributed by atoms with Gasteiger partial charge in [-0.1, -0.05) is 242 Å². The van der Waals surface area contributed by atoms with Gasteiger partial charge in [-0.3, -0.25) is 0 Å². The van der Waals surface area contributed by atoms with Crippen LogP contribution < -0.4 is 20.7 Å². The van der Waals surface area contributed by atoms with E-state index < -0.39 is 68.5 Å². The second-order valence-electron chi connectivity index (χ2n) is 17.2. The van der Waals surface area contributed by atoms with Crippen molar-refractivity contribution in [2.75, 3.05) is 0 Å². The maximum Gasteiger partial charge on any atom is 0.180 e. The summed E-state index contributed by atoms with van der Waals surface area (Å²) >= 11 is 0. The highest BCUT2D eigenvalue weighted by molar-refractivity contribution is 7.20. The molecule has 3 heteroatoms. The SMILES string of the molecule is [2H]c1c([2H])c([2H])c(-c2cccc(-c3c([2H])c([2H])c([2H])c([2H])c3[2H])c2-n2c3ccc(-n4c5ccccc5c5c(-c6ccccc6)cccc54)cc3c3c([Si](c4ccccc4)(c4ccccc4)c4ccccc4)cccc32)c([2H])c1[2H]. The van der Waals surface area contributed by atoms with Gasteiger partial charge >= 0.3 is 0 Å². The van der Waals surface area contributed by atoms with Gasteiger partial charge in [-0.25, -0.2) is 0 Å². The van der Waals surface area contributed by atoms with Crippen molar-refractivity contribution in [2.45, 2.75) is 0 Å². The summed E-state index contributed by atoms with van der Waals surface area (Å²) in [6.07, 6.45) is 0. The number of hydrogen-bond donors (Lipinski definition) is 0. The van der Waals surface area contributed by atoms with E-state index >= 15 is 0 Å². The molecule has 2 nitrogen and oxygen atoms in total. The molecule has 0 amide bonds. The maximum absolute atomic E-state index is 9.45. The summed E-state index contributed by atoms with van der Waals surface area (Å²) in [7, 11) is -3.40. The third kappa shape index (κ3) is 6.47. The zero-order valence-corrected chi connectivity index (χ0v) is 38.2. The predicted molar refractivity (Wildman–Crippen MR) is 295 cm³/mol. The van der Waals surface area contributed by atoms with Gasteiger partial charge in [0.2, 0.25) is 0 Å². The Morgan fingerprint density at radius 3 is 1.38 bits per heavy atom. The topological polar surface area (TPSA) is 9.86 Å². The second-order valence-corrected chi connectivity index (χ2v) is 21.0. The van der Waals surface area contributed by atoms with Gasteiger partial charge in [0, 0.05) is 38.4 Å². The Morgan fingerprint density at radius 2 is 0.783 bits per heavy atom. The summed E-state index contributed by atoms with van der Waals surface area (Å²) in [6.45, 7) is 0. The largest absolute Gasteiger partial charge is 0.309 e. The summed E-state index contributed by atoms with van der Waals surface area (Å²) < 4.78 is 95.1. The zero-order chi connectivity index (χ0) is 54.4. The van der Waals surface area contributed by atoms with Crippen LogP contribution in [0.3, 0.4) is 0 Å². The lowest BCUT2D eigenvalue weighted by atomic mass is 9.95. The molecule has 13 rings (SSSR count). The van der Waals surface area contributed by atoms with Crippen molar-refractivity contribution in [1.29, 1.82) is 0 Å². The lowest BCUT2D eigenvalue weighted by molar-refractivity contribution is 1.17. The van der Waals surface area contributed by atoms with Crippen molar-refractivity contribution in [3.05, 3.63) is 279 Å². The third-order valence-corrected chi connectivity index (χ3v) is 18.5. The standard InChI is InChI=1S/C66H46N2Si/c1-7-24-47(25-8-1)54-37-22-41-61-64(54)57-36-19-20-40-59(57)67(61)50-44-45-60-58(46-50)65-62(68(60)66-55(48-26-9-2-10-27-48)38-21-39-56(66)49-28-11-3-12-29-49)42-23-43-63(65)69(51-30-13-4-14-31-51,52-32-15-5-16-33-52)53-34-17-6-18-35-53/h1-46H/i2D,3D,9D,10D,11D,12D,26D,27D,28D,29D. The molecule has 0 N–H and O–H groups in total. The Balaban J connectivity index is 1.26. The van der Waals surface area contributed by atoms with Gasteiger partial charge in [0.05, 0.1) is 41.5 Å². The van der Waals surface area contributed by atoms with Gasteiger partial charge in [-0.05, 0) is 79.4 Å². The number of rotatable bonds is 9. The molecule has 0 unspecified atom stereocenters. The fraction of sp³-hybridized carbons (Fsp3) is 0. The molecule has 13 aromatic rings. The minimum Gasteiger partial charge on any atom is -0.309 e. The van der Waals surface area contributed by atoms with Crippen LogP contribution >= 0.6 is 0 Å². The van der Waals surface area contributed by atoms with Crippen LogP contribution in [-0.2, 0) is 0 Å². The van der Waals surface area contributed by atoms with Crippen LogP contribution in [0.4, 0.5) is 0 Å². The molecular formula is C66H46N2Si. The number of fused-ring (bicyclic) bond motifs is 6. The van der Waals surface area contributed by atoms with Crippen molar-refractivity contribution in [2.24, 2.45) is 0 Å². The average molecular weight is 905 g/mol. The van der Waals surface area contributed by atoms with Crippen molar-refractivity contribution in [3.8, 4) is 44.8 Å². The van der Waals surface area contributed by atoms with Crippen molar-refractivity contribution >= 4 is 72.4 Å². The average Bonchev–Trinajstić information content (AvgIpc) is 4.27. The molecule has 0 bridgehead atoms. The molecule has 11 aromatic carbocycles. The van der Waals surface area contributed by atoms with Gasteiger partial charge in [0.15, 0.2) is 8.07 Å². The number of nitrogens with zero attached hydrogens (tertiary/aromatic N) is 2. The molecule has 0 saturated heterocycles. The highest BCUT2D eigenvalue weighted by atomic mass is 28.3. The molecule has 2 heterocycles. The number of para-hydroxylation sites is 2. The molecular weight excluding hydrogens is 849 g/mol. The summed E-state index contributed by atoms with van der Waals surface area (Å²) in [5.41, 5.74) is 6.92. The quantitative estimate of drug-likeness (QED) is 0.101. The first-order chi connectivity index (χ1) is 38.4. The van der Waals surface area contributed by atoms with E-state index in [9.17, 15) is 5.48 Å². The highest BCUT2D eigenvalue weighted by Gasteiger charge is 2.43. The lowest BCUT2D eigenvalue weighted by Crippen LogP contribution is -2.74. The van der Waals surface area contributed by atoms with Crippen LogP contribution in [0, 0.1) is 0 Å². The molecule has 0 spiro atoms. The Hall–Kier alpha value is -8.76. The fourth-order valence-electron chi connectivity index (χ4n) is 10.9.